The summed E-state index contributed by atoms with van der Waals surface area (Å²) in [5, 5.41) is 5.62. The van der Waals surface area contributed by atoms with Gasteiger partial charge in [-0.2, -0.15) is 20.5 Å². The van der Waals surface area contributed by atoms with E-state index in [4.69, 9.17) is 23.2 Å². The highest BCUT2D eigenvalue weighted by molar-refractivity contribution is 8.12. The van der Waals surface area contributed by atoms with Crippen LogP contribution in [0, 0.1) is 13.8 Å². The molecular formula is C30H29Cl2N3O4S4. The second-order valence-corrected chi connectivity index (χ2v) is 18.1. The monoisotopic (exact) mass is 693 g/mol. The van der Waals surface area contributed by atoms with Gasteiger partial charge in [0.05, 0.1) is 11.4 Å². The van der Waals surface area contributed by atoms with Gasteiger partial charge < -0.3 is 10.2 Å². The molecule has 13 heteroatoms. The molecule has 226 valence electrons. The van der Waals surface area contributed by atoms with E-state index in [1.165, 1.54) is 0 Å². The number of para-hydroxylation sites is 1. The summed E-state index contributed by atoms with van der Waals surface area (Å²) in [6.45, 7) is 4.79. The van der Waals surface area contributed by atoms with Crippen LogP contribution in [0.15, 0.2) is 63.0 Å². The number of sulfonamides is 2. The highest BCUT2D eigenvalue weighted by Gasteiger charge is 2.43. The number of anilines is 2. The maximum absolute atomic E-state index is 14.8. The maximum atomic E-state index is 14.8. The van der Waals surface area contributed by atoms with Crippen LogP contribution in [0.5, 0.6) is 0 Å². The van der Waals surface area contributed by atoms with Crippen LogP contribution < -0.4 is 9.03 Å². The van der Waals surface area contributed by atoms with E-state index in [9.17, 15) is 16.8 Å². The third kappa shape index (κ3) is 5.22. The Bertz CT molecular complexity index is 2010. The van der Waals surface area contributed by atoms with Gasteiger partial charge in [-0.1, -0.05) is 35.3 Å². The van der Waals surface area contributed by atoms with Crippen molar-refractivity contribution >= 4 is 97.5 Å². The zero-order valence-electron chi connectivity index (χ0n) is 23.8. The molecule has 0 saturated carbocycles. The van der Waals surface area contributed by atoms with Gasteiger partial charge in [0.2, 0.25) is 0 Å². The Morgan fingerprint density at radius 1 is 0.837 bits per heavy atom. The van der Waals surface area contributed by atoms with Crippen molar-refractivity contribution in [3.8, 4) is 0 Å². The van der Waals surface area contributed by atoms with Gasteiger partial charge in [-0.15, -0.1) is 22.7 Å². The number of hydrogen-bond donors (Lipinski definition) is 1. The maximum Gasteiger partial charge on any atom is 0.287 e. The molecule has 1 aliphatic heterocycles. The van der Waals surface area contributed by atoms with Gasteiger partial charge in [-0.25, -0.2) is 0 Å². The molecule has 2 aromatic heterocycles. The predicted octanol–water partition coefficient (Wildman–Crippen LogP) is 8.08. The highest BCUT2D eigenvalue weighted by atomic mass is 35.5. The van der Waals surface area contributed by atoms with E-state index >= 15 is 0 Å². The fourth-order valence-corrected chi connectivity index (χ4v) is 13.5. The second kappa shape index (κ2) is 11.2. The largest absolute Gasteiger partial charge is 0.382 e. The standard InChI is InChI=1S/C30H29Cl2N3O4S4/c1-17-23-14-20(31)8-10-26(23)40-29(17)42(36,37)35(25-7-5-6-22-19(12-13-34(3)4)16-33-28(22)25)43(38,39)30-18(2)24-15-21(32)9-11-27(24)41-30/h5-11,14-15,19,33H,12-13,16H2,1-4H3. The molecule has 6 rings (SSSR count). The lowest BCUT2D eigenvalue weighted by Gasteiger charge is -2.25. The van der Waals surface area contributed by atoms with Gasteiger partial charge in [-0.3, -0.25) is 0 Å². The molecule has 0 bridgehead atoms. The number of hydrogen-bond acceptors (Lipinski definition) is 8. The molecule has 0 radical (unpaired) electrons. The van der Waals surface area contributed by atoms with Gasteiger partial charge in [0, 0.05) is 31.9 Å². The lowest BCUT2D eigenvalue weighted by Crippen LogP contribution is -2.37. The Morgan fingerprint density at radius 2 is 1.37 bits per heavy atom. The minimum Gasteiger partial charge on any atom is -0.382 e. The van der Waals surface area contributed by atoms with E-state index < -0.39 is 20.0 Å². The van der Waals surface area contributed by atoms with Crippen molar-refractivity contribution in [1.29, 1.82) is 0 Å². The lowest BCUT2D eigenvalue weighted by atomic mass is 9.97. The normalized spacial score (nSPS) is 15.4. The summed E-state index contributed by atoms with van der Waals surface area (Å²) in [5.74, 6) is 0.103. The third-order valence-corrected chi connectivity index (χ3v) is 16.1. The van der Waals surface area contributed by atoms with Crippen LogP contribution in [0.1, 0.15) is 29.0 Å². The Balaban J connectivity index is 1.60. The quantitative estimate of drug-likeness (QED) is 0.177. The summed E-state index contributed by atoms with van der Waals surface area (Å²) in [7, 11) is -5.28. The minimum atomic E-state index is -4.64. The Kier molecular flexibility index (Phi) is 7.98. The fourth-order valence-electron chi connectivity index (χ4n) is 5.62. The molecule has 1 N–H and O–H groups in total. The summed E-state index contributed by atoms with van der Waals surface area (Å²) in [5.41, 5.74) is 2.39. The average molecular weight is 695 g/mol. The smallest absolute Gasteiger partial charge is 0.287 e. The first-order chi connectivity index (χ1) is 20.3. The van der Waals surface area contributed by atoms with Crippen molar-refractivity contribution in [3.63, 3.8) is 0 Å². The van der Waals surface area contributed by atoms with Crippen LogP contribution >= 0.6 is 45.9 Å². The molecule has 3 heterocycles. The number of nitrogens with one attached hydrogen (secondary N) is 1. The van der Waals surface area contributed by atoms with E-state index in [0.29, 0.717) is 57.3 Å². The van der Waals surface area contributed by atoms with Crippen molar-refractivity contribution in [3.05, 3.63) is 81.3 Å². The van der Waals surface area contributed by atoms with Crippen molar-refractivity contribution in [2.45, 2.75) is 34.6 Å². The second-order valence-electron chi connectivity index (χ2n) is 10.9. The molecule has 1 aliphatic rings. The van der Waals surface area contributed by atoms with Crippen molar-refractivity contribution in [1.82, 2.24) is 4.90 Å². The average Bonchev–Trinajstić information content (AvgIpc) is 3.62. The van der Waals surface area contributed by atoms with Gasteiger partial charge in [0.25, 0.3) is 20.0 Å². The first-order valence-electron chi connectivity index (χ1n) is 13.5. The Labute approximate surface area is 269 Å². The van der Waals surface area contributed by atoms with E-state index in [-0.39, 0.29) is 20.0 Å². The van der Waals surface area contributed by atoms with Crippen molar-refractivity contribution in [2.24, 2.45) is 0 Å². The number of nitrogens with zero attached hydrogens (tertiary/aromatic N) is 2. The van der Waals surface area contributed by atoms with Gasteiger partial charge in [0.1, 0.15) is 8.42 Å². The molecule has 7 nitrogen and oxygen atoms in total. The summed E-state index contributed by atoms with van der Waals surface area (Å²) >= 11 is 14.6. The van der Waals surface area contributed by atoms with E-state index in [1.807, 2.05) is 20.2 Å². The van der Waals surface area contributed by atoms with Crippen LogP contribution in [-0.4, -0.2) is 48.9 Å². The number of benzene rings is 3. The van der Waals surface area contributed by atoms with E-state index in [0.717, 1.165) is 41.2 Å². The Morgan fingerprint density at radius 3 is 1.88 bits per heavy atom. The molecule has 0 fully saturated rings. The van der Waals surface area contributed by atoms with Crippen LogP contribution in [0.3, 0.4) is 0 Å². The number of rotatable bonds is 8. The molecule has 0 amide bonds. The highest BCUT2D eigenvalue weighted by Crippen LogP contribution is 2.48. The van der Waals surface area contributed by atoms with Crippen LogP contribution in [0.4, 0.5) is 11.4 Å². The van der Waals surface area contributed by atoms with Crippen LogP contribution in [0.25, 0.3) is 20.2 Å². The molecule has 0 saturated heterocycles. The number of halogens is 2. The van der Waals surface area contributed by atoms with Crippen LogP contribution in [0.2, 0.25) is 10.0 Å². The molecule has 3 aromatic carbocycles. The summed E-state index contributed by atoms with van der Waals surface area (Å²) in [6.07, 6.45) is 0.836. The first-order valence-corrected chi connectivity index (χ1v) is 18.8. The topological polar surface area (TPSA) is 86.8 Å². The van der Waals surface area contributed by atoms with E-state index in [1.54, 1.807) is 62.4 Å². The summed E-state index contributed by atoms with van der Waals surface area (Å²) < 4.78 is 61.1. The molecule has 1 unspecified atom stereocenters. The third-order valence-electron chi connectivity index (χ3n) is 7.78. The molecule has 5 aromatic rings. The molecular weight excluding hydrogens is 666 g/mol. The van der Waals surface area contributed by atoms with Gasteiger partial charge in [0.15, 0.2) is 0 Å². The summed E-state index contributed by atoms with van der Waals surface area (Å²) in [6, 6.07) is 15.5. The van der Waals surface area contributed by atoms with Gasteiger partial charge >= 0.3 is 0 Å². The predicted molar refractivity (Wildman–Crippen MR) is 181 cm³/mol. The SMILES string of the molecule is Cc1c(S(=O)(=O)N(c2cccc3c2NCC3CCN(C)C)S(=O)(=O)c2sc3ccc(Cl)cc3c2C)sc2ccc(Cl)cc12. The van der Waals surface area contributed by atoms with Crippen molar-refractivity contribution in [2.75, 3.05) is 36.2 Å². The minimum absolute atomic E-state index is 0.0464. The lowest BCUT2D eigenvalue weighted by molar-refractivity contribution is 0.386. The number of thiophene rings is 2. The van der Waals surface area contributed by atoms with E-state index in [2.05, 4.69) is 10.2 Å². The number of fused-ring (bicyclic) bond motifs is 3. The summed E-state index contributed by atoms with van der Waals surface area (Å²) in [4.78, 5) is 2.09. The Hall–Kier alpha value is -2.38. The first kappa shape index (κ1) is 30.6. The zero-order chi connectivity index (χ0) is 30.8. The van der Waals surface area contributed by atoms with Crippen LogP contribution in [-0.2, 0) is 20.0 Å². The molecule has 0 aliphatic carbocycles. The molecule has 43 heavy (non-hydrogen) atoms. The molecule has 1 atom stereocenters. The zero-order valence-corrected chi connectivity index (χ0v) is 28.6. The van der Waals surface area contributed by atoms with Gasteiger partial charge in [-0.05, 0) is 111 Å². The molecule has 0 spiro atoms. The van der Waals surface area contributed by atoms with Crippen molar-refractivity contribution < 1.29 is 16.8 Å². The fraction of sp³-hybridized carbons (Fsp3) is 0.267. The number of aryl methyl sites for hydroxylation is 2.